The molecule has 0 radical (unpaired) electrons. The maximum absolute atomic E-state index is 12.1. The number of benzene rings is 2. The third kappa shape index (κ3) is 3.61. The molecule has 1 aromatic heterocycles. The summed E-state index contributed by atoms with van der Waals surface area (Å²) >= 11 is 13.1. The minimum Gasteiger partial charge on any atom is -0.369 e. The van der Waals surface area contributed by atoms with Gasteiger partial charge in [-0.25, -0.2) is 4.98 Å². The Morgan fingerprint density at radius 2 is 1.96 bits per heavy atom. The van der Waals surface area contributed by atoms with Gasteiger partial charge in [-0.15, -0.1) is 0 Å². The fraction of sp³-hybridized carbons (Fsp3) is 0. The standard InChI is InChI=1S/C15H10Cl2N4OS/c16-9-6-5-8(7-10(9)17)13(22)20-14(18)21-15-19-11-3-1-2-4-12(11)23-15/h1-7H,(H3,18,19,20,21,22). The summed E-state index contributed by atoms with van der Waals surface area (Å²) in [6.07, 6.45) is 0. The average molecular weight is 365 g/mol. The van der Waals surface area contributed by atoms with Gasteiger partial charge in [-0.1, -0.05) is 46.7 Å². The molecule has 116 valence electrons. The van der Waals surface area contributed by atoms with Crippen molar-refractivity contribution < 1.29 is 4.79 Å². The first-order valence-corrected chi connectivity index (χ1v) is 8.06. The molecule has 0 saturated heterocycles. The van der Waals surface area contributed by atoms with Gasteiger partial charge >= 0.3 is 0 Å². The van der Waals surface area contributed by atoms with E-state index in [0.29, 0.717) is 20.7 Å². The van der Waals surface area contributed by atoms with Crippen molar-refractivity contribution in [3.63, 3.8) is 0 Å². The number of amides is 1. The van der Waals surface area contributed by atoms with E-state index in [4.69, 9.17) is 28.9 Å². The Morgan fingerprint density at radius 3 is 2.70 bits per heavy atom. The zero-order valence-electron chi connectivity index (χ0n) is 11.6. The molecular weight excluding hydrogens is 355 g/mol. The van der Waals surface area contributed by atoms with Crippen LogP contribution in [0.4, 0.5) is 5.13 Å². The number of hydrogen-bond acceptors (Lipinski definition) is 4. The Balaban J connectivity index is 1.78. The lowest BCUT2D eigenvalue weighted by Crippen LogP contribution is -2.36. The number of aliphatic imine (C=N–C) groups is 1. The smallest absolute Gasteiger partial charge is 0.258 e. The van der Waals surface area contributed by atoms with Crippen molar-refractivity contribution in [2.45, 2.75) is 0 Å². The maximum atomic E-state index is 12.1. The van der Waals surface area contributed by atoms with E-state index in [9.17, 15) is 4.79 Å². The fourth-order valence-corrected chi connectivity index (χ4v) is 3.01. The van der Waals surface area contributed by atoms with Crippen LogP contribution in [0.2, 0.25) is 10.0 Å². The second-order valence-corrected chi connectivity index (χ2v) is 6.37. The Hall–Kier alpha value is -2.15. The largest absolute Gasteiger partial charge is 0.369 e. The van der Waals surface area contributed by atoms with Gasteiger partial charge in [0.05, 0.1) is 20.3 Å². The molecule has 0 saturated carbocycles. The summed E-state index contributed by atoms with van der Waals surface area (Å²) in [7, 11) is 0. The number of fused-ring (bicyclic) bond motifs is 1. The van der Waals surface area contributed by atoms with Crippen molar-refractivity contribution in [1.82, 2.24) is 10.3 Å². The van der Waals surface area contributed by atoms with Crippen LogP contribution in [-0.2, 0) is 0 Å². The number of para-hydroxylation sites is 1. The molecule has 5 nitrogen and oxygen atoms in total. The number of aromatic nitrogens is 1. The maximum Gasteiger partial charge on any atom is 0.258 e. The Labute approximate surface area is 145 Å². The molecule has 0 aliphatic heterocycles. The lowest BCUT2D eigenvalue weighted by molar-refractivity contribution is 0.0976. The lowest BCUT2D eigenvalue weighted by atomic mass is 10.2. The van der Waals surface area contributed by atoms with Crippen molar-refractivity contribution in [2.24, 2.45) is 10.7 Å². The number of guanidine groups is 1. The van der Waals surface area contributed by atoms with Gasteiger partial charge in [0.1, 0.15) is 0 Å². The molecular formula is C15H10Cl2N4OS. The molecule has 0 fully saturated rings. The van der Waals surface area contributed by atoms with Crippen molar-refractivity contribution in [1.29, 1.82) is 0 Å². The van der Waals surface area contributed by atoms with Gasteiger partial charge in [-0.2, -0.15) is 4.99 Å². The predicted molar refractivity (Wildman–Crippen MR) is 94.8 cm³/mol. The highest BCUT2D eigenvalue weighted by atomic mass is 35.5. The van der Waals surface area contributed by atoms with Gasteiger partial charge in [0, 0.05) is 5.56 Å². The van der Waals surface area contributed by atoms with Crippen LogP contribution in [0.25, 0.3) is 10.2 Å². The van der Waals surface area contributed by atoms with Crippen molar-refractivity contribution in [3.05, 3.63) is 58.1 Å². The number of halogens is 2. The molecule has 3 N–H and O–H groups in total. The molecule has 0 unspecified atom stereocenters. The number of carbonyl (C=O) groups excluding carboxylic acids is 1. The average Bonchev–Trinajstić information content (AvgIpc) is 2.91. The van der Waals surface area contributed by atoms with Crippen LogP contribution < -0.4 is 11.1 Å². The monoisotopic (exact) mass is 364 g/mol. The van der Waals surface area contributed by atoms with Gasteiger partial charge in [0.25, 0.3) is 5.91 Å². The summed E-state index contributed by atoms with van der Waals surface area (Å²) in [5.74, 6) is -0.467. The first-order chi connectivity index (χ1) is 11.0. The van der Waals surface area contributed by atoms with E-state index in [1.54, 1.807) is 12.1 Å². The molecule has 23 heavy (non-hydrogen) atoms. The van der Waals surface area contributed by atoms with Gasteiger partial charge in [-0.05, 0) is 30.3 Å². The van der Waals surface area contributed by atoms with Crippen LogP contribution in [0.1, 0.15) is 10.4 Å². The van der Waals surface area contributed by atoms with Crippen LogP contribution in [0.3, 0.4) is 0 Å². The zero-order valence-corrected chi connectivity index (χ0v) is 13.9. The summed E-state index contributed by atoms with van der Waals surface area (Å²) in [6.45, 7) is 0. The molecule has 8 heteroatoms. The molecule has 0 aliphatic rings. The molecule has 1 amide bonds. The number of rotatable bonds is 2. The van der Waals surface area contributed by atoms with Crippen LogP contribution in [0.15, 0.2) is 47.5 Å². The number of thiazole rings is 1. The molecule has 0 aliphatic carbocycles. The molecule has 3 aromatic rings. The number of nitrogens with two attached hydrogens (primary N) is 1. The molecule has 2 aromatic carbocycles. The van der Waals surface area contributed by atoms with Crippen LogP contribution >= 0.6 is 34.5 Å². The number of nitrogens with zero attached hydrogens (tertiary/aromatic N) is 2. The molecule has 1 heterocycles. The van der Waals surface area contributed by atoms with Crippen LogP contribution in [0.5, 0.6) is 0 Å². The van der Waals surface area contributed by atoms with E-state index in [1.165, 1.54) is 17.4 Å². The van der Waals surface area contributed by atoms with E-state index in [0.717, 1.165) is 10.2 Å². The Morgan fingerprint density at radius 1 is 1.17 bits per heavy atom. The van der Waals surface area contributed by atoms with Crippen molar-refractivity contribution in [2.75, 3.05) is 0 Å². The number of hydrogen-bond donors (Lipinski definition) is 2. The summed E-state index contributed by atoms with van der Waals surface area (Å²) in [5.41, 5.74) is 6.93. The highest BCUT2D eigenvalue weighted by Gasteiger charge is 2.10. The minimum atomic E-state index is -0.425. The van der Waals surface area contributed by atoms with Gasteiger partial charge in [0.2, 0.25) is 11.1 Å². The van der Waals surface area contributed by atoms with Gasteiger partial charge in [0.15, 0.2) is 0 Å². The third-order valence-corrected chi connectivity index (χ3v) is 4.59. The van der Waals surface area contributed by atoms with Crippen molar-refractivity contribution in [3.8, 4) is 0 Å². The lowest BCUT2D eigenvalue weighted by Gasteiger charge is -2.04. The van der Waals surface area contributed by atoms with Crippen LogP contribution in [-0.4, -0.2) is 16.9 Å². The van der Waals surface area contributed by atoms with E-state index >= 15 is 0 Å². The van der Waals surface area contributed by atoms with E-state index in [1.807, 2.05) is 24.3 Å². The first kappa shape index (κ1) is 15.7. The van der Waals surface area contributed by atoms with Crippen molar-refractivity contribution >= 4 is 61.8 Å². The Bertz CT molecular complexity index is 890. The van der Waals surface area contributed by atoms with E-state index in [2.05, 4.69) is 15.3 Å². The van der Waals surface area contributed by atoms with E-state index < -0.39 is 5.91 Å². The quantitative estimate of drug-likeness (QED) is 0.533. The molecule has 0 bridgehead atoms. The number of carbonyl (C=O) groups is 1. The summed E-state index contributed by atoms with van der Waals surface area (Å²) < 4.78 is 0.995. The minimum absolute atomic E-state index is 0.0415. The molecule has 0 atom stereocenters. The number of nitrogens with one attached hydrogen (secondary N) is 1. The zero-order chi connectivity index (χ0) is 16.4. The highest BCUT2D eigenvalue weighted by Crippen LogP contribution is 2.27. The predicted octanol–water partition coefficient (Wildman–Crippen LogP) is 3.98. The van der Waals surface area contributed by atoms with Gasteiger partial charge < -0.3 is 5.73 Å². The second kappa shape index (κ2) is 6.54. The summed E-state index contributed by atoms with van der Waals surface area (Å²) in [4.78, 5) is 20.5. The Kier molecular flexibility index (Phi) is 4.47. The first-order valence-electron chi connectivity index (χ1n) is 6.49. The topological polar surface area (TPSA) is 80.4 Å². The molecule has 0 spiro atoms. The normalized spacial score (nSPS) is 11.7. The van der Waals surface area contributed by atoms with Crippen LogP contribution in [0, 0.1) is 0 Å². The summed E-state index contributed by atoms with van der Waals surface area (Å²) in [5, 5.41) is 3.63. The second-order valence-electron chi connectivity index (χ2n) is 4.54. The summed E-state index contributed by atoms with van der Waals surface area (Å²) in [6, 6.07) is 12.2. The highest BCUT2D eigenvalue weighted by molar-refractivity contribution is 7.22. The SMILES string of the molecule is NC(=Nc1nc2ccccc2s1)NC(=O)c1ccc(Cl)c(Cl)c1. The molecule has 3 rings (SSSR count). The third-order valence-electron chi connectivity index (χ3n) is 2.92. The van der Waals surface area contributed by atoms with E-state index in [-0.39, 0.29) is 5.96 Å². The fourth-order valence-electron chi connectivity index (χ4n) is 1.86. The van der Waals surface area contributed by atoms with Gasteiger partial charge in [-0.3, -0.25) is 10.1 Å².